The number of thiazole rings is 1. The van der Waals surface area contributed by atoms with E-state index in [1.54, 1.807) is 29.2 Å². The van der Waals surface area contributed by atoms with Crippen LogP contribution >= 0.6 is 38.9 Å². The Morgan fingerprint density at radius 1 is 1.00 bits per heavy atom. The summed E-state index contributed by atoms with van der Waals surface area (Å²) in [7, 11) is 0. The van der Waals surface area contributed by atoms with Crippen molar-refractivity contribution in [3.05, 3.63) is 108 Å². The van der Waals surface area contributed by atoms with E-state index in [1.165, 1.54) is 15.9 Å². The van der Waals surface area contributed by atoms with Gasteiger partial charge in [0.1, 0.15) is 4.53 Å². The highest BCUT2D eigenvalue weighted by Crippen LogP contribution is 2.38. The van der Waals surface area contributed by atoms with E-state index in [-0.39, 0.29) is 11.5 Å². The van der Waals surface area contributed by atoms with Gasteiger partial charge in [0.15, 0.2) is 5.82 Å². The van der Waals surface area contributed by atoms with E-state index in [0.717, 1.165) is 32.4 Å². The number of halogens is 2. The molecule has 3 aromatic carbocycles. The minimum Gasteiger partial charge on any atom is -0.303 e. The summed E-state index contributed by atoms with van der Waals surface area (Å²) in [5, 5.41) is 5.02. The Hall–Kier alpha value is -3.33. The Bertz CT molecular complexity index is 1740. The molecule has 0 atom stereocenters. The van der Waals surface area contributed by atoms with Crippen LogP contribution in [0.1, 0.15) is 16.7 Å². The molecule has 1 aliphatic heterocycles. The van der Waals surface area contributed by atoms with Crippen LogP contribution in [0.5, 0.6) is 0 Å². The van der Waals surface area contributed by atoms with E-state index < -0.39 is 0 Å². The Labute approximate surface area is 217 Å². The molecule has 0 saturated carbocycles. The van der Waals surface area contributed by atoms with Crippen molar-refractivity contribution in [1.29, 1.82) is 0 Å². The fourth-order valence-electron chi connectivity index (χ4n) is 4.16. The van der Waals surface area contributed by atoms with E-state index in [0.29, 0.717) is 32.5 Å². The molecule has 3 heterocycles. The standard InChI is InChI=1S/C26H16BrClN4O2S/c1-14-2-4-15(5-3-14)13-31-20-11-8-17(27)12-19(20)21(24(31)33)22-25(34)32-26(35-22)29-23(30-32)16-6-9-18(28)10-7-16/h2-12H,13H2,1H3. The summed E-state index contributed by atoms with van der Waals surface area (Å²) >= 11 is 10.7. The van der Waals surface area contributed by atoms with Crippen LogP contribution in [0.4, 0.5) is 5.69 Å². The zero-order chi connectivity index (χ0) is 24.3. The number of benzene rings is 3. The maximum atomic E-state index is 13.7. The summed E-state index contributed by atoms with van der Waals surface area (Å²) in [6, 6.07) is 20.9. The summed E-state index contributed by atoms with van der Waals surface area (Å²) in [6.07, 6.45) is 0. The SMILES string of the molecule is Cc1ccc(CN2C(=O)C(=c3sc4nc(-c5ccc(Cl)cc5)nn4c3=O)c3cc(Br)ccc32)cc1. The molecular formula is C26H16BrClN4O2S. The van der Waals surface area contributed by atoms with Gasteiger partial charge in [-0.3, -0.25) is 9.59 Å². The minimum absolute atomic E-state index is 0.210. The minimum atomic E-state index is -0.357. The van der Waals surface area contributed by atoms with Crippen molar-refractivity contribution in [2.45, 2.75) is 13.5 Å². The van der Waals surface area contributed by atoms with Gasteiger partial charge in [0.25, 0.3) is 11.5 Å². The number of aromatic nitrogens is 3. The fourth-order valence-corrected chi connectivity index (χ4v) is 5.65. The molecule has 0 N–H and O–H groups in total. The van der Waals surface area contributed by atoms with Gasteiger partial charge in [-0.15, -0.1) is 5.10 Å². The van der Waals surface area contributed by atoms with Gasteiger partial charge in [-0.25, -0.2) is 0 Å². The third kappa shape index (κ3) is 3.78. The summed E-state index contributed by atoms with van der Waals surface area (Å²) in [6.45, 7) is 2.44. The number of nitrogens with zero attached hydrogens (tertiary/aromatic N) is 4. The van der Waals surface area contributed by atoms with Crippen molar-refractivity contribution in [3.63, 3.8) is 0 Å². The number of rotatable bonds is 3. The summed E-state index contributed by atoms with van der Waals surface area (Å²) < 4.78 is 2.43. The van der Waals surface area contributed by atoms with E-state index in [4.69, 9.17) is 11.6 Å². The van der Waals surface area contributed by atoms with Crippen molar-refractivity contribution >= 4 is 61.0 Å². The van der Waals surface area contributed by atoms with Gasteiger partial charge in [-0.1, -0.05) is 68.7 Å². The predicted octanol–water partition coefficient (Wildman–Crippen LogP) is 5.01. The Kier molecular flexibility index (Phi) is 5.32. The number of amides is 1. The van der Waals surface area contributed by atoms with E-state index in [9.17, 15) is 9.59 Å². The van der Waals surface area contributed by atoms with Gasteiger partial charge >= 0.3 is 0 Å². The average Bonchev–Trinajstić information content (AvgIpc) is 3.47. The number of hydrogen-bond donors (Lipinski definition) is 0. The highest BCUT2D eigenvalue weighted by Gasteiger charge is 2.34. The average molecular weight is 564 g/mol. The smallest absolute Gasteiger partial charge is 0.291 e. The number of carbonyl (C=O) groups excluding carboxylic acids is 1. The molecule has 6 nitrogen and oxygen atoms in total. The van der Waals surface area contributed by atoms with Crippen molar-refractivity contribution in [2.75, 3.05) is 4.90 Å². The van der Waals surface area contributed by atoms with Crippen LogP contribution in [0, 0.1) is 6.92 Å². The van der Waals surface area contributed by atoms with Gasteiger partial charge in [0.05, 0.1) is 17.8 Å². The molecule has 1 amide bonds. The molecule has 0 unspecified atom stereocenters. The van der Waals surface area contributed by atoms with Crippen LogP contribution in [0.2, 0.25) is 5.02 Å². The van der Waals surface area contributed by atoms with Gasteiger partial charge < -0.3 is 4.90 Å². The largest absolute Gasteiger partial charge is 0.303 e. The molecule has 0 radical (unpaired) electrons. The third-order valence-corrected chi connectivity index (χ3v) is 7.70. The second kappa shape index (κ2) is 8.41. The second-order valence-electron chi connectivity index (χ2n) is 8.29. The highest BCUT2D eigenvalue weighted by molar-refractivity contribution is 9.10. The molecule has 0 bridgehead atoms. The highest BCUT2D eigenvalue weighted by atomic mass is 79.9. The molecule has 0 spiro atoms. The van der Waals surface area contributed by atoms with Gasteiger partial charge in [-0.05, 0) is 55.0 Å². The number of hydrogen-bond acceptors (Lipinski definition) is 5. The van der Waals surface area contributed by atoms with Crippen LogP contribution in [-0.4, -0.2) is 20.5 Å². The first-order chi connectivity index (χ1) is 16.9. The van der Waals surface area contributed by atoms with E-state index >= 15 is 0 Å². The first kappa shape index (κ1) is 22.2. The Balaban J connectivity index is 1.50. The summed E-state index contributed by atoms with van der Waals surface area (Å²) in [5.41, 5.74) is 4.44. The van der Waals surface area contributed by atoms with Crippen molar-refractivity contribution in [2.24, 2.45) is 0 Å². The molecular weight excluding hydrogens is 548 g/mol. The van der Waals surface area contributed by atoms with Crippen LogP contribution in [0.15, 0.2) is 76.0 Å². The molecule has 35 heavy (non-hydrogen) atoms. The summed E-state index contributed by atoms with van der Waals surface area (Å²) in [5.74, 6) is 0.224. The molecule has 0 aliphatic carbocycles. The second-order valence-corrected chi connectivity index (χ2v) is 10.6. The lowest BCUT2D eigenvalue weighted by atomic mass is 10.1. The van der Waals surface area contributed by atoms with E-state index in [2.05, 4.69) is 26.0 Å². The molecule has 1 aliphatic rings. The molecule has 2 aromatic heterocycles. The molecule has 0 fully saturated rings. The van der Waals surface area contributed by atoms with Crippen LogP contribution in [0.25, 0.3) is 21.9 Å². The van der Waals surface area contributed by atoms with Crippen molar-refractivity contribution in [1.82, 2.24) is 14.6 Å². The topological polar surface area (TPSA) is 67.6 Å². The number of fused-ring (bicyclic) bond motifs is 2. The van der Waals surface area contributed by atoms with Crippen LogP contribution < -0.4 is 15.0 Å². The fraction of sp³-hybridized carbons (Fsp3) is 0.0769. The van der Waals surface area contributed by atoms with Gasteiger partial charge in [0, 0.05) is 20.6 Å². The zero-order valence-corrected chi connectivity index (χ0v) is 21.5. The first-order valence-corrected chi connectivity index (χ1v) is 12.7. The first-order valence-electron chi connectivity index (χ1n) is 10.8. The predicted molar refractivity (Wildman–Crippen MR) is 142 cm³/mol. The zero-order valence-electron chi connectivity index (χ0n) is 18.3. The normalized spacial score (nSPS) is 14.7. The molecule has 0 saturated heterocycles. The van der Waals surface area contributed by atoms with E-state index in [1.807, 2.05) is 49.4 Å². The van der Waals surface area contributed by atoms with Crippen LogP contribution in [0.3, 0.4) is 0 Å². The lowest BCUT2D eigenvalue weighted by Crippen LogP contribution is -2.32. The maximum Gasteiger partial charge on any atom is 0.291 e. The lowest BCUT2D eigenvalue weighted by Gasteiger charge is -2.17. The lowest BCUT2D eigenvalue weighted by molar-refractivity contribution is -0.113. The van der Waals surface area contributed by atoms with Gasteiger partial charge in [-0.2, -0.15) is 9.50 Å². The third-order valence-electron chi connectivity index (χ3n) is 5.93. The molecule has 9 heteroatoms. The van der Waals surface area contributed by atoms with Gasteiger partial charge in [0.2, 0.25) is 4.96 Å². The summed E-state index contributed by atoms with van der Waals surface area (Å²) in [4.78, 5) is 33.8. The monoisotopic (exact) mass is 562 g/mol. The number of anilines is 1. The van der Waals surface area contributed by atoms with Crippen LogP contribution in [-0.2, 0) is 11.3 Å². The number of aryl methyl sites for hydroxylation is 1. The molecule has 5 aromatic rings. The Morgan fingerprint density at radius 2 is 1.74 bits per heavy atom. The van der Waals surface area contributed by atoms with Crippen molar-refractivity contribution in [3.8, 4) is 11.4 Å². The molecule has 172 valence electrons. The molecule has 6 rings (SSSR count). The maximum absolute atomic E-state index is 13.7. The van der Waals surface area contributed by atoms with Crippen molar-refractivity contribution < 1.29 is 4.79 Å². The Morgan fingerprint density at radius 3 is 2.46 bits per heavy atom. The quantitative estimate of drug-likeness (QED) is 0.310. The number of carbonyl (C=O) groups is 1.